The molecule has 2 aromatic carbocycles. The number of imide groups is 1. The molecule has 0 bridgehead atoms. The van der Waals surface area contributed by atoms with Crippen molar-refractivity contribution in [3.05, 3.63) is 71.8 Å². The summed E-state index contributed by atoms with van der Waals surface area (Å²) >= 11 is 0. The molecule has 3 atom stereocenters. The highest BCUT2D eigenvalue weighted by atomic mass is 16.5. The summed E-state index contributed by atoms with van der Waals surface area (Å²) in [5.74, 6) is -1.67. The van der Waals surface area contributed by atoms with E-state index in [0.29, 0.717) is 42.9 Å². The van der Waals surface area contributed by atoms with Gasteiger partial charge in [-0.2, -0.15) is 0 Å². The smallest absolute Gasteiger partial charge is 0.316 e. The largest absolute Gasteiger partial charge is 0.426 e. The van der Waals surface area contributed by atoms with Crippen LogP contribution < -0.4 is 9.64 Å². The Morgan fingerprint density at radius 2 is 1.65 bits per heavy atom. The van der Waals surface area contributed by atoms with Gasteiger partial charge in [0, 0.05) is 19.5 Å². The third-order valence-electron chi connectivity index (χ3n) is 6.90. The molecule has 5 rings (SSSR count). The van der Waals surface area contributed by atoms with Crippen molar-refractivity contribution in [1.29, 1.82) is 0 Å². The first-order valence-corrected chi connectivity index (χ1v) is 11.6. The van der Waals surface area contributed by atoms with Crippen LogP contribution in [0.4, 0.5) is 5.69 Å². The Bertz CT molecular complexity index is 1160. The van der Waals surface area contributed by atoms with Gasteiger partial charge in [-0.15, -0.1) is 0 Å². The highest BCUT2D eigenvalue weighted by Crippen LogP contribution is 2.39. The summed E-state index contributed by atoms with van der Waals surface area (Å²) in [6.07, 6.45) is 5.21. The maximum atomic E-state index is 12.9. The van der Waals surface area contributed by atoms with Gasteiger partial charge in [-0.05, 0) is 49.1 Å². The van der Waals surface area contributed by atoms with Crippen molar-refractivity contribution >= 4 is 29.4 Å². The van der Waals surface area contributed by atoms with Crippen LogP contribution in [-0.2, 0) is 25.7 Å². The number of anilines is 1. The minimum absolute atomic E-state index is 0.0700. The number of benzene rings is 2. The average molecular weight is 459 g/mol. The van der Waals surface area contributed by atoms with E-state index in [9.17, 15) is 19.2 Å². The molecule has 34 heavy (non-hydrogen) atoms. The average Bonchev–Trinajstić information content (AvgIpc) is 3.32. The van der Waals surface area contributed by atoms with Gasteiger partial charge in [0.25, 0.3) is 0 Å². The van der Waals surface area contributed by atoms with Crippen molar-refractivity contribution in [2.75, 3.05) is 11.4 Å². The first kappa shape index (κ1) is 22.1. The van der Waals surface area contributed by atoms with Gasteiger partial charge in [0.05, 0.1) is 23.4 Å². The number of hydrogen-bond donors (Lipinski definition) is 0. The van der Waals surface area contributed by atoms with Crippen molar-refractivity contribution in [3.8, 4) is 5.75 Å². The van der Waals surface area contributed by atoms with Crippen molar-refractivity contribution in [1.82, 2.24) is 4.90 Å². The molecule has 0 aromatic heterocycles. The number of likely N-dealkylation sites (tertiary alicyclic amines) is 1. The van der Waals surface area contributed by atoms with E-state index in [0.717, 1.165) is 5.56 Å². The lowest BCUT2D eigenvalue weighted by atomic mass is 9.85. The lowest BCUT2D eigenvalue weighted by Gasteiger charge is -2.19. The normalized spacial score (nSPS) is 24.0. The summed E-state index contributed by atoms with van der Waals surface area (Å²) in [6.45, 7) is 2.57. The van der Waals surface area contributed by atoms with Gasteiger partial charge >= 0.3 is 5.97 Å². The molecule has 3 amide bonds. The molecular formula is C27H26N2O5. The van der Waals surface area contributed by atoms with Crippen LogP contribution in [0.2, 0.25) is 0 Å². The monoisotopic (exact) mass is 458 g/mol. The molecule has 3 aliphatic rings. The number of amides is 3. The van der Waals surface area contributed by atoms with Gasteiger partial charge in [-0.25, -0.2) is 4.90 Å². The number of esters is 1. The number of hydrogen-bond acceptors (Lipinski definition) is 5. The third kappa shape index (κ3) is 4.02. The Morgan fingerprint density at radius 1 is 0.971 bits per heavy atom. The number of nitrogens with zero attached hydrogens (tertiary/aromatic N) is 2. The quantitative estimate of drug-likeness (QED) is 0.297. The SMILES string of the molecule is Cc1cc(OC(=O)[C@@H]2CC(=O)N(Cc3ccccc3)C2)ccc1N1C(=O)[C@@H]2CC=CC[C@H]2C1=O. The lowest BCUT2D eigenvalue weighted by Crippen LogP contribution is -2.31. The molecule has 2 aliphatic heterocycles. The van der Waals surface area contributed by atoms with Gasteiger partial charge in [-0.1, -0.05) is 42.5 Å². The minimum atomic E-state index is -0.534. The number of fused-ring (bicyclic) bond motifs is 1. The third-order valence-corrected chi connectivity index (χ3v) is 6.90. The van der Waals surface area contributed by atoms with E-state index >= 15 is 0 Å². The molecule has 7 heteroatoms. The molecule has 0 spiro atoms. The van der Waals surface area contributed by atoms with E-state index in [1.165, 1.54) is 4.90 Å². The van der Waals surface area contributed by atoms with Crippen LogP contribution in [-0.4, -0.2) is 35.1 Å². The second-order valence-corrected chi connectivity index (χ2v) is 9.20. The Hall–Kier alpha value is -3.74. The Morgan fingerprint density at radius 3 is 2.29 bits per heavy atom. The molecular weight excluding hydrogens is 432 g/mol. The number of allylic oxidation sites excluding steroid dienone is 2. The molecule has 1 aliphatic carbocycles. The fourth-order valence-electron chi connectivity index (χ4n) is 5.07. The zero-order chi connectivity index (χ0) is 23.8. The lowest BCUT2D eigenvalue weighted by molar-refractivity contribution is -0.139. The zero-order valence-corrected chi connectivity index (χ0v) is 19.0. The zero-order valence-electron chi connectivity index (χ0n) is 19.0. The van der Waals surface area contributed by atoms with E-state index in [2.05, 4.69) is 0 Å². The van der Waals surface area contributed by atoms with Gasteiger partial charge in [0.2, 0.25) is 17.7 Å². The number of carbonyl (C=O) groups excluding carboxylic acids is 4. The van der Waals surface area contributed by atoms with Crippen LogP contribution in [0, 0.1) is 24.7 Å². The second kappa shape index (κ2) is 8.89. The predicted molar refractivity (Wildman–Crippen MR) is 125 cm³/mol. The number of ether oxygens (including phenoxy) is 1. The van der Waals surface area contributed by atoms with Crippen molar-refractivity contribution in [3.63, 3.8) is 0 Å². The molecule has 0 N–H and O–H groups in total. The number of carbonyl (C=O) groups is 4. The first-order chi connectivity index (χ1) is 16.4. The molecule has 0 unspecified atom stereocenters. The summed E-state index contributed by atoms with van der Waals surface area (Å²) in [5.41, 5.74) is 2.21. The summed E-state index contributed by atoms with van der Waals surface area (Å²) in [5, 5.41) is 0. The molecule has 2 fully saturated rings. The van der Waals surface area contributed by atoms with E-state index < -0.39 is 11.9 Å². The molecule has 7 nitrogen and oxygen atoms in total. The van der Waals surface area contributed by atoms with Gasteiger partial charge < -0.3 is 9.64 Å². The first-order valence-electron chi connectivity index (χ1n) is 11.6. The fourth-order valence-corrected chi connectivity index (χ4v) is 5.07. The van der Waals surface area contributed by atoms with Crippen molar-refractivity contribution in [2.24, 2.45) is 17.8 Å². The van der Waals surface area contributed by atoms with Crippen LogP contribution in [0.15, 0.2) is 60.7 Å². The number of rotatable bonds is 5. The fraction of sp³-hybridized carbons (Fsp3) is 0.333. The molecule has 2 aromatic rings. The maximum Gasteiger partial charge on any atom is 0.316 e. The molecule has 174 valence electrons. The summed E-state index contributed by atoms with van der Waals surface area (Å²) in [4.78, 5) is 53.9. The van der Waals surface area contributed by atoms with Gasteiger partial charge in [-0.3, -0.25) is 19.2 Å². The Balaban J connectivity index is 1.25. The van der Waals surface area contributed by atoms with E-state index in [4.69, 9.17) is 4.74 Å². The number of aryl methyl sites for hydroxylation is 1. The second-order valence-electron chi connectivity index (χ2n) is 9.20. The molecule has 2 saturated heterocycles. The summed E-state index contributed by atoms with van der Waals surface area (Å²) < 4.78 is 5.58. The predicted octanol–water partition coefficient (Wildman–Crippen LogP) is 3.40. The van der Waals surface area contributed by atoms with Gasteiger partial charge in [0.1, 0.15) is 5.75 Å². The van der Waals surface area contributed by atoms with E-state index in [-0.39, 0.29) is 36.0 Å². The van der Waals surface area contributed by atoms with Crippen LogP contribution in [0.5, 0.6) is 5.75 Å². The topological polar surface area (TPSA) is 84.0 Å². The summed E-state index contributed by atoms with van der Waals surface area (Å²) in [7, 11) is 0. The van der Waals surface area contributed by atoms with Crippen LogP contribution >= 0.6 is 0 Å². The van der Waals surface area contributed by atoms with Crippen molar-refractivity contribution < 1.29 is 23.9 Å². The molecule has 0 radical (unpaired) electrons. The minimum Gasteiger partial charge on any atom is -0.426 e. The summed E-state index contributed by atoms with van der Waals surface area (Å²) in [6, 6.07) is 14.6. The maximum absolute atomic E-state index is 12.9. The molecule has 0 saturated carbocycles. The Kier molecular flexibility index (Phi) is 5.77. The van der Waals surface area contributed by atoms with Crippen LogP contribution in [0.25, 0.3) is 0 Å². The molecule has 2 heterocycles. The van der Waals surface area contributed by atoms with Crippen molar-refractivity contribution in [2.45, 2.75) is 32.7 Å². The highest BCUT2D eigenvalue weighted by Gasteiger charge is 2.48. The Labute approximate surface area is 198 Å². The van der Waals surface area contributed by atoms with E-state index in [1.54, 1.807) is 30.0 Å². The van der Waals surface area contributed by atoms with Gasteiger partial charge in [0.15, 0.2) is 0 Å². The van der Waals surface area contributed by atoms with Crippen LogP contribution in [0.1, 0.15) is 30.4 Å². The standard InChI is InChI=1S/C27H26N2O5/c1-17-13-20(11-12-23(17)29-25(31)21-9-5-6-10-22(21)26(29)32)34-27(33)19-14-24(30)28(16-19)15-18-7-3-2-4-8-18/h2-8,11-13,19,21-22H,9-10,14-16H2,1H3/t19-,21-,22-/m1/s1. The van der Waals surface area contributed by atoms with Crippen LogP contribution in [0.3, 0.4) is 0 Å². The van der Waals surface area contributed by atoms with E-state index in [1.807, 2.05) is 42.5 Å². The highest BCUT2D eigenvalue weighted by molar-refractivity contribution is 6.22.